The van der Waals surface area contributed by atoms with E-state index in [2.05, 4.69) is 15.2 Å². The van der Waals surface area contributed by atoms with Gasteiger partial charge in [0.25, 0.3) is 0 Å². The zero-order valence-electron chi connectivity index (χ0n) is 15.8. The van der Waals surface area contributed by atoms with Crippen LogP contribution < -0.4 is 5.32 Å². The Morgan fingerprint density at radius 2 is 1.93 bits per heavy atom. The lowest BCUT2D eigenvalue weighted by Crippen LogP contribution is -2.43. The van der Waals surface area contributed by atoms with E-state index in [1.165, 1.54) is 30.5 Å². The zero-order valence-corrected chi connectivity index (χ0v) is 16.6. The number of nitrogens with zero attached hydrogens (tertiary/aromatic N) is 2. The SMILES string of the molecule is COC(=O)c1ccc(NC(=O)C2CCCN2S(=O)(=O)c2c(C)noc2C)cc1. The number of carbonyl (C=O) groups is 2. The molecule has 1 aromatic carbocycles. The van der Waals surface area contributed by atoms with E-state index in [1.807, 2.05) is 0 Å². The van der Waals surface area contributed by atoms with Gasteiger partial charge in [0.2, 0.25) is 15.9 Å². The lowest BCUT2D eigenvalue weighted by molar-refractivity contribution is -0.119. The molecule has 1 aliphatic heterocycles. The number of ether oxygens (including phenoxy) is 1. The van der Waals surface area contributed by atoms with Crippen LogP contribution in [0.3, 0.4) is 0 Å². The van der Waals surface area contributed by atoms with Crippen molar-refractivity contribution in [3.63, 3.8) is 0 Å². The number of nitrogens with one attached hydrogen (secondary N) is 1. The minimum Gasteiger partial charge on any atom is -0.465 e. The molecule has 1 saturated heterocycles. The van der Waals surface area contributed by atoms with Crippen molar-refractivity contribution < 1.29 is 27.3 Å². The summed E-state index contributed by atoms with van der Waals surface area (Å²) in [4.78, 5) is 24.2. The minimum atomic E-state index is -3.91. The average molecular weight is 407 g/mol. The van der Waals surface area contributed by atoms with Gasteiger partial charge in [0.1, 0.15) is 16.6 Å². The highest BCUT2D eigenvalue weighted by Crippen LogP contribution is 2.30. The number of carbonyl (C=O) groups excluding carboxylic acids is 2. The molecule has 1 aromatic heterocycles. The normalized spacial score (nSPS) is 17.5. The third-order valence-corrected chi connectivity index (χ3v) is 6.77. The van der Waals surface area contributed by atoms with Gasteiger partial charge in [-0.1, -0.05) is 5.16 Å². The molecule has 0 radical (unpaired) electrons. The third-order valence-electron chi connectivity index (χ3n) is 4.61. The molecule has 2 aromatic rings. The van der Waals surface area contributed by atoms with Crippen molar-refractivity contribution in [2.24, 2.45) is 0 Å². The van der Waals surface area contributed by atoms with E-state index in [-0.39, 0.29) is 22.9 Å². The molecule has 28 heavy (non-hydrogen) atoms. The fraction of sp³-hybridized carbons (Fsp3) is 0.389. The standard InChI is InChI=1S/C18H21N3O6S/c1-11-16(12(2)27-20-11)28(24,25)21-10-4-5-15(21)17(22)19-14-8-6-13(7-9-14)18(23)26-3/h6-9,15H,4-5,10H2,1-3H3,(H,19,22). The Bertz CT molecular complexity index is 977. The number of hydrogen-bond acceptors (Lipinski definition) is 7. The van der Waals surface area contributed by atoms with Crippen LogP contribution in [0.15, 0.2) is 33.7 Å². The fourth-order valence-electron chi connectivity index (χ4n) is 3.28. The molecule has 0 aliphatic carbocycles. The lowest BCUT2D eigenvalue weighted by atomic mass is 10.2. The molecule has 1 unspecified atom stereocenters. The predicted molar refractivity (Wildman–Crippen MR) is 99.3 cm³/mol. The summed E-state index contributed by atoms with van der Waals surface area (Å²) in [5.74, 6) is -0.717. The van der Waals surface area contributed by atoms with Crippen LogP contribution in [0, 0.1) is 13.8 Å². The van der Waals surface area contributed by atoms with E-state index in [0.717, 1.165) is 0 Å². The van der Waals surface area contributed by atoms with Crippen molar-refractivity contribution in [3.8, 4) is 0 Å². The molecule has 1 amide bonds. The van der Waals surface area contributed by atoms with Crippen molar-refractivity contribution in [2.45, 2.75) is 37.6 Å². The van der Waals surface area contributed by atoms with Gasteiger partial charge in [0.05, 0.1) is 12.7 Å². The number of aryl methyl sites for hydroxylation is 2. The van der Waals surface area contributed by atoms with Gasteiger partial charge in [0, 0.05) is 12.2 Å². The second-order valence-corrected chi connectivity index (χ2v) is 8.31. The summed E-state index contributed by atoms with van der Waals surface area (Å²) in [5, 5.41) is 6.41. The highest BCUT2D eigenvalue weighted by Gasteiger charge is 2.41. The van der Waals surface area contributed by atoms with Gasteiger partial charge < -0.3 is 14.6 Å². The topological polar surface area (TPSA) is 119 Å². The number of rotatable bonds is 5. The predicted octanol–water partition coefficient (Wildman–Crippen LogP) is 1.87. The van der Waals surface area contributed by atoms with Crippen molar-refractivity contribution in [2.75, 3.05) is 19.0 Å². The van der Waals surface area contributed by atoms with Crippen LogP contribution in [0.4, 0.5) is 5.69 Å². The Kier molecular flexibility index (Phi) is 5.52. The number of methoxy groups -OCH3 is 1. The van der Waals surface area contributed by atoms with E-state index in [0.29, 0.717) is 24.1 Å². The van der Waals surface area contributed by atoms with Crippen LogP contribution in [0.25, 0.3) is 0 Å². The number of benzene rings is 1. The minimum absolute atomic E-state index is 0.00892. The van der Waals surface area contributed by atoms with Crippen LogP contribution in [0.5, 0.6) is 0 Å². The van der Waals surface area contributed by atoms with E-state index in [4.69, 9.17) is 4.52 Å². The van der Waals surface area contributed by atoms with E-state index >= 15 is 0 Å². The van der Waals surface area contributed by atoms with Crippen molar-refractivity contribution in [1.82, 2.24) is 9.46 Å². The number of anilines is 1. The van der Waals surface area contributed by atoms with Crippen LogP contribution in [0.1, 0.15) is 34.7 Å². The van der Waals surface area contributed by atoms with Crippen LogP contribution in [0.2, 0.25) is 0 Å². The molecule has 1 N–H and O–H groups in total. The van der Waals surface area contributed by atoms with Crippen LogP contribution in [-0.2, 0) is 19.6 Å². The molecule has 1 aliphatic rings. The van der Waals surface area contributed by atoms with Gasteiger partial charge in [-0.15, -0.1) is 0 Å². The van der Waals surface area contributed by atoms with E-state index in [9.17, 15) is 18.0 Å². The lowest BCUT2D eigenvalue weighted by Gasteiger charge is -2.23. The first-order chi connectivity index (χ1) is 13.3. The molecule has 2 heterocycles. The number of aromatic nitrogens is 1. The second-order valence-electron chi connectivity index (χ2n) is 6.49. The van der Waals surface area contributed by atoms with Gasteiger partial charge in [0.15, 0.2) is 5.76 Å². The van der Waals surface area contributed by atoms with E-state index < -0.39 is 27.9 Å². The Morgan fingerprint density at radius 3 is 2.50 bits per heavy atom. The number of hydrogen-bond donors (Lipinski definition) is 1. The van der Waals surface area contributed by atoms with Gasteiger partial charge in [-0.25, -0.2) is 13.2 Å². The average Bonchev–Trinajstić information content (AvgIpc) is 3.29. The fourth-order valence-corrected chi connectivity index (χ4v) is 5.23. The molecule has 0 spiro atoms. The monoisotopic (exact) mass is 407 g/mol. The van der Waals surface area contributed by atoms with Gasteiger partial charge in [-0.3, -0.25) is 4.79 Å². The smallest absolute Gasteiger partial charge is 0.337 e. The summed E-state index contributed by atoms with van der Waals surface area (Å²) in [6.07, 6.45) is 0.983. The summed E-state index contributed by atoms with van der Waals surface area (Å²) in [5.41, 5.74) is 1.07. The van der Waals surface area contributed by atoms with Crippen molar-refractivity contribution in [3.05, 3.63) is 41.3 Å². The number of sulfonamides is 1. The van der Waals surface area contributed by atoms with Crippen LogP contribution >= 0.6 is 0 Å². The van der Waals surface area contributed by atoms with Gasteiger partial charge in [-0.2, -0.15) is 4.31 Å². The summed E-state index contributed by atoms with van der Waals surface area (Å²) in [6.45, 7) is 3.32. The molecule has 9 nitrogen and oxygen atoms in total. The Morgan fingerprint density at radius 1 is 1.25 bits per heavy atom. The third kappa shape index (κ3) is 3.65. The Hall–Kier alpha value is -2.72. The molecular formula is C18H21N3O6S. The highest BCUT2D eigenvalue weighted by molar-refractivity contribution is 7.89. The summed E-state index contributed by atoms with van der Waals surface area (Å²) in [7, 11) is -2.63. The highest BCUT2D eigenvalue weighted by atomic mass is 32.2. The quantitative estimate of drug-likeness (QED) is 0.752. The van der Waals surface area contributed by atoms with Crippen molar-refractivity contribution in [1.29, 1.82) is 0 Å². The Labute approximate surface area is 162 Å². The summed E-state index contributed by atoms with van der Waals surface area (Å²) in [6, 6.07) is 5.33. The van der Waals surface area contributed by atoms with Gasteiger partial charge in [-0.05, 0) is 51.0 Å². The maximum atomic E-state index is 13.1. The van der Waals surface area contributed by atoms with Gasteiger partial charge >= 0.3 is 5.97 Å². The molecule has 0 saturated carbocycles. The molecule has 1 atom stereocenters. The zero-order chi connectivity index (χ0) is 20.5. The maximum absolute atomic E-state index is 13.1. The molecule has 0 bridgehead atoms. The number of esters is 1. The van der Waals surface area contributed by atoms with Crippen LogP contribution in [-0.4, -0.2) is 49.5 Å². The molecule has 1 fully saturated rings. The first-order valence-corrected chi connectivity index (χ1v) is 10.1. The largest absolute Gasteiger partial charge is 0.465 e. The Balaban J connectivity index is 1.79. The van der Waals surface area contributed by atoms with Crippen molar-refractivity contribution >= 4 is 27.6 Å². The first-order valence-electron chi connectivity index (χ1n) is 8.69. The molecule has 3 rings (SSSR count). The first kappa shape index (κ1) is 20.0. The maximum Gasteiger partial charge on any atom is 0.337 e. The molecule has 150 valence electrons. The molecule has 10 heteroatoms. The number of amides is 1. The van der Waals surface area contributed by atoms with E-state index in [1.54, 1.807) is 19.1 Å². The summed E-state index contributed by atoms with van der Waals surface area (Å²) < 4.78 is 36.9. The molecular weight excluding hydrogens is 386 g/mol. The second kappa shape index (κ2) is 7.72. The summed E-state index contributed by atoms with van der Waals surface area (Å²) >= 11 is 0.